The van der Waals surface area contributed by atoms with E-state index in [1.54, 1.807) is 0 Å². The Bertz CT molecular complexity index is 592. The molecule has 0 heterocycles. The molecule has 1 N–H and O–H groups in total. The lowest BCUT2D eigenvalue weighted by Crippen LogP contribution is -2.18. The first kappa shape index (κ1) is 12.9. The van der Waals surface area contributed by atoms with Gasteiger partial charge in [0, 0.05) is 17.1 Å². The lowest BCUT2D eigenvalue weighted by atomic mass is 10.1. The quantitative estimate of drug-likeness (QED) is 0.877. The fourth-order valence-electron chi connectivity index (χ4n) is 2.83. The molecular formula is C17H18BrN. The van der Waals surface area contributed by atoms with Crippen molar-refractivity contribution < 1.29 is 0 Å². The first-order chi connectivity index (χ1) is 9.24. The van der Waals surface area contributed by atoms with Crippen LogP contribution >= 0.6 is 15.9 Å². The van der Waals surface area contributed by atoms with Crippen molar-refractivity contribution in [3.8, 4) is 0 Å². The van der Waals surface area contributed by atoms with Gasteiger partial charge in [0.2, 0.25) is 0 Å². The summed E-state index contributed by atoms with van der Waals surface area (Å²) in [4.78, 5) is 0. The Labute approximate surface area is 123 Å². The molecule has 98 valence electrons. The van der Waals surface area contributed by atoms with Gasteiger partial charge in [-0.05, 0) is 48.1 Å². The molecule has 3 rings (SSSR count). The van der Waals surface area contributed by atoms with Gasteiger partial charge in [-0.3, -0.25) is 0 Å². The summed E-state index contributed by atoms with van der Waals surface area (Å²) in [5.41, 5.74) is 5.64. The van der Waals surface area contributed by atoms with Crippen molar-refractivity contribution in [1.29, 1.82) is 0 Å². The molecule has 0 fully saturated rings. The molecule has 0 saturated heterocycles. The number of fused-ring (bicyclic) bond motifs is 1. The number of hydrogen-bond acceptors (Lipinski definition) is 1. The molecule has 0 saturated carbocycles. The summed E-state index contributed by atoms with van der Waals surface area (Å²) in [6.45, 7) is 3.07. The smallest absolute Gasteiger partial charge is 0.0329 e. The van der Waals surface area contributed by atoms with E-state index in [4.69, 9.17) is 0 Å². The highest BCUT2D eigenvalue weighted by Crippen LogP contribution is 2.31. The van der Waals surface area contributed by atoms with Crippen molar-refractivity contribution in [3.05, 3.63) is 69.2 Å². The van der Waals surface area contributed by atoms with Crippen LogP contribution in [0.4, 0.5) is 0 Å². The van der Waals surface area contributed by atoms with Gasteiger partial charge in [-0.15, -0.1) is 0 Å². The number of nitrogens with one attached hydrogen (secondary N) is 1. The zero-order valence-electron chi connectivity index (χ0n) is 11.1. The van der Waals surface area contributed by atoms with Gasteiger partial charge in [-0.2, -0.15) is 0 Å². The van der Waals surface area contributed by atoms with Gasteiger partial charge in [-0.1, -0.05) is 52.3 Å². The van der Waals surface area contributed by atoms with Crippen LogP contribution in [0, 0.1) is 6.92 Å². The van der Waals surface area contributed by atoms with E-state index in [1.807, 2.05) is 0 Å². The van der Waals surface area contributed by atoms with Crippen LogP contribution in [-0.4, -0.2) is 0 Å². The Balaban J connectivity index is 1.69. The van der Waals surface area contributed by atoms with Gasteiger partial charge in [0.25, 0.3) is 0 Å². The topological polar surface area (TPSA) is 12.0 Å². The summed E-state index contributed by atoms with van der Waals surface area (Å²) in [6.07, 6.45) is 2.42. The van der Waals surface area contributed by atoms with E-state index in [0.717, 1.165) is 6.54 Å². The second kappa shape index (κ2) is 5.48. The molecular weight excluding hydrogens is 298 g/mol. The Morgan fingerprint density at radius 1 is 1.21 bits per heavy atom. The monoisotopic (exact) mass is 315 g/mol. The first-order valence-electron chi connectivity index (χ1n) is 6.80. The molecule has 0 bridgehead atoms. The summed E-state index contributed by atoms with van der Waals surface area (Å²) < 4.78 is 1.18. The molecule has 1 aliphatic rings. The standard InChI is InChI=1S/C17H18BrN/c1-12-10-13(6-8-16(12)18)11-19-17-9-7-14-4-2-3-5-15(14)17/h2-6,8,10,17,19H,7,9,11H2,1H3. The Morgan fingerprint density at radius 3 is 2.89 bits per heavy atom. The van der Waals surface area contributed by atoms with Gasteiger partial charge in [0.05, 0.1) is 0 Å². The van der Waals surface area contributed by atoms with Gasteiger partial charge in [0.1, 0.15) is 0 Å². The van der Waals surface area contributed by atoms with Crippen LogP contribution in [0.3, 0.4) is 0 Å². The molecule has 0 spiro atoms. The van der Waals surface area contributed by atoms with Crippen molar-refractivity contribution in [2.75, 3.05) is 0 Å². The van der Waals surface area contributed by atoms with E-state index in [1.165, 1.54) is 39.6 Å². The second-order valence-electron chi connectivity index (χ2n) is 5.25. The molecule has 0 radical (unpaired) electrons. The molecule has 2 heteroatoms. The van der Waals surface area contributed by atoms with Crippen LogP contribution in [0.1, 0.15) is 34.7 Å². The van der Waals surface area contributed by atoms with Crippen LogP contribution in [0.5, 0.6) is 0 Å². The second-order valence-corrected chi connectivity index (χ2v) is 6.11. The van der Waals surface area contributed by atoms with Gasteiger partial charge < -0.3 is 5.32 Å². The van der Waals surface area contributed by atoms with E-state index < -0.39 is 0 Å². The van der Waals surface area contributed by atoms with Crippen molar-refractivity contribution in [3.63, 3.8) is 0 Å². The molecule has 1 nitrogen and oxygen atoms in total. The van der Waals surface area contributed by atoms with Crippen molar-refractivity contribution in [1.82, 2.24) is 5.32 Å². The number of hydrogen-bond donors (Lipinski definition) is 1. The molecule has 0 aliphatic heterocycles. The molecule has 2 aromatic rings. The predicted octanol–water partition coefficient (Wildman–Crippen LogP) is 4.53. The minimum atomic E-state index is 0.514. The van der Waals surface area contributed by atoms with Crippen molar-refractivity contribution in [2.24, 2.45) is 0 Å². The molecule has 2 aromatic carbocycles. The lowest BCUT2D eigenvalue weighted by molar-refractivity contribution is 0.530. The van der Waals surface area contributed by atoms with Gasteiger partial charge >= 0.3 is 0 Å². The number of halogens is 1. The third-order valence-corrected chi connectivity index (χ3v) is 4.80. The highest BCUT2D eigenvalue weighted by molar-refractivity contribution is 9.10. The fourth-order valence-corrected chi connectivity index (χ4v) is 3.07. The highest BCUT2D eigenvalue weighted by Gasteiger charge is 2.20. The maximum Gasteiger partial charge on any atom is 0.0329 e. The summed E-state index contributed by atoms with van der Waals surface area (Å²) >= 11 is 3.55. The molecule has 19 heavy (non-hydrogen) atoms. The van der Waals surface area contributed by atoms with E-state index in [-0.39, 0.29) is 0 Å². The van der Waals surface area contributed by atoms with Crippen LogP contribution in [0.2, 0.25) is 0 Å². The van der Waals surface area contributed by atoms with Crippen LogP contribution in [-0.2, 0) is 13.0 Å². The normalized spacial score (nSPS) is 17.5. The summed E-state index contributed by atoms with van der Waals surface area (Å²) in [7, 11) is 0. The third kappa shape index (κ3) is 2.75. The third-order valence-electron chi connectivity index (χ3n) is 3.91. The Hall–Kier alpha value is -1.12. The Morgan fingerprint density at radius 2 is 2.05 bits per heavy atom. The number of aryl methyl sites for hydroxylation is 2. The van der Waals surface area contributed by atoms with Gasteiger partial charge in [0.15, 0.2) is 0 Å². The largest absolute Gasteiger partial charge is 0.306 e. The van der Waals surface area contributed by atoms with Crippen LogP contribution in [0.15, 0.2) is 46.9 Å². The predicted molar refractivity (Wildman–Crippen MR) is 83.2 cm³/mol. The maximum absolute atomic E-state index is 3.69. The minimum Gasteiger partial charge on any atom is -0.306 e. The molecule has 1 atom stereocenters. The summed E-state index contributed by atoms with van der Waals surface area (Å²) in [5, 5.41) is 3.69. The van der Waals surface area contributed by atoms with Crippen molar-refractivity contribution >= 4 is 15.9 Å². The average molecular weight is 316 g/mol. The molecule has 1 aliphatic carbocycles. The lowest BCUT2D eigenvalue weighted by Gasteiger charge is -2.14. The van der Waals surface area contributed by atoms with E-state index >= 15 is 0 Å². The van der Waals surface area contributed by atoms with Crippen LogP contribution in [0.25, 0.3) is 0 Å². The van der Waals surface area contributed by atoms with Gasteiger partial charge in [-0.25, -0.2) is 0 Å². The average Bonchev–Trinajstić information content (AvgIpc) is 2.83. The zero-order valence-corrected chi connectivity index (χ0v) is 12.7. The highest BCUT2D eigenvalue weighted by atomic mass is 79.9. The summed E-state index contributed by atoms with van der Waals surface area (Å²) in [5.74, 6) is 0. The van der Waals surface area contributed by atoms with Crippen LogP contribution < -0.4 is 5.32 Å². The van der Waals surface area contributed by atoms with E-state index in [9.17, 15) is 0 Å². The first-order valence-corrected chi connectivity index (χ1v) is 7.59. The minimum absolute atomic E-state index is 0.514. The number of rotatable bonds is 3. The fraction of sp³-hybridized carbons (Fsp3) is 0.294. The van der Waals surface area contributed by atoms with E-state index in [0.29, 0.717) is 6.04 Å². The SMILES string of the molecule is Cc1cc(CNC2CCc3ccccc32)ccc1Br. The molecule has 0 aromatic heterocycles. The van der Waals surface area contributed by atoms with Crippen molar-refractivity contribution in [2.45, 2.75) is 32.4 Å². The van der Waals surface area contributed by atoms with E-state index in [2.05, 4.69) is 70.6 Å². The Kier molecular flexibility index (Phi) is 3.72. The molecule has 0 amide bonds. The number of benzene rings is 2. The molecule has 1 unspecified atom stereocenters. The zero-order chi connectivity index (χ0) is 13.2. The maximum atomic E-state index is 3.69. The summed E-state index contributed by atoms with van der Waals surface area (Å²) in [6, 6.07) is 15.9.